The van der Waals surface area contributed by atoms with Crippen LogP contribution < -0.4 is 5.32 Å². The summed E-state index contributed by atoms with van der Waals surface area (Å²) in [5.74, 6) is 0.377. The summed E-state index contributed by atoms with van der Waals surface area (Å²) in [6.45, 7) is 1.75. The number of carbonyl (C=O) groups excluding carboxylic acids is 1. The van der Waals surface area contributed by atoms with Gasteiger partial charge in [0.05, 0.1) is 18.4 Å². The lowest BCUT2D eigenvalue weighted by atomic mass is 10.3. The molecule has 1 amide bonds. The molecule has 0 radical (unpaired) electrons. The van der Waals surface area contributed by atoms with Gasteiger partial charge in [0.2, 0.25) is 0 Å². The van der Waals surface area contributed by atoms with Gasteiger partial charge in [0.1, 0.15) is 0 Å². The van der Waals surface area contributed by atoms with Crippen molar-refractivity contribution in [2.24, 2.45) is 0 Å². The van der Waals surface area contributed by atoms with Gasteiger partial charge >= 0.3 is 0 Å². The predicted molar refractivity (Wildman–Crippen MR) is 57.1 cm³/mol. The molecule has 0 fully saturated rings. The zero-order valence-corrected chi connectivity index (χ0v) is 9.09. The first-order chi connectivity index (χ1) is 7.34. The Labute approximate surface area is 93.1 Å². The Hall–Kier alpha value is -1.07. The number of halogens is 1. The molecule has 1 aromatic heterocycles. The lowest BCUT2D eigenvalue weighted by Gasteiger charge is -2.03. The molecule has 84 valence electrons. The Morgan fingerprint density at radius 1 is 1.60 bits per heavy atom. The fraction of sp³-hybridized carbons (Fsp3) is 0.556. The summed E-state index contributed by atoms with van der Waals surface area (Å²) in [5, 5.41) is 9.02. The Balaban J connectivity index is 2.03. The van der Waals surface area contributed by atoms with Gasteiger partial charge in [-0.25, -0.2) is 0 Å². The Morgan fingerprint density at radius 3 is 3.13 bits per heavy atom. The SMILES string of the molecule is O=C(NCCCOCCCl)c1cn[nH]c1. The van der Waals surface area contributed by atoms with Gasteiger partial charge in [-0.1, -0.05) is 0 Å². The van der Waals surface area contributed by atoms with Crippen molar-refractivity contribution >= 4 is 17.5 Å². The van der Waals surface area contributed by atoms with Crippen LogP contribution in [0.15, 0.2) is 12.4 Å². The fourth-order valence-corrected chi connectivity index (χ4v) is 1.12. The molecule has 0 aliphatic rings. The van der Waals surface area contributed by atoms with E-state index in [1.807, 2.05) is 0 Å². The highest BCUT2D eigenvalue weighted by Gasteiger charge is 2.04. The Morgan fingerprint density at radius 2 is 2.47 bits per heavy atom. The normalized spacial score (nSPS) is 10.2. The summed E-state index contributed by atoms with van der Waals surface area (Å²) in [6, 6.07) is 0. The number of alkyl halides is 1. The molecule has 6 heteroatoms. The quantitative estimate of drug-likeness (QED) is 0.539. The van der Waals surface area contributed by atoms with Gasteiger partial charge in [-0.3, -0.25) is 9.89 Å². The molecule has 0 aliphatic carbocycles. The van der Waals surface area contributed by atoms with E-state index in [0.717, 1.165) is 6.42 Å². The molecule has 1 rings (SSSR count). The maximum atomic E-state index is 11.4. The minimum absolute atomic E-state index is 0.124. The Bertz CT molecular complexity index is 277. The lowest BCUT2D eigenvalue weighted by molar-refractivity contribution is 0.0944. The summed E-state index contributed by atoms with van der Waals surface area (Å²) >= 11 is 5.43. The molecule has 15 heavy (non-hydrogen) atoms. The highest BCUT2D eigenvalue weighted by Crippen LogP contribution is 1.92. The van der Waals surface area contributed by atoms with Gasteiger partial charge in [-0.2, -0.15) is 5.10 Å². The minimum Gasteiger partial charge on any atom is -0.380 e. The predicted octanol–water partition coefficient (Wildman–Crippen LogP) is 0.785. The van der Waals surface area contributed by atoms with Crippen LogP contribution in [-0.4, -0.2) is 41.7 Å². The van der Waals surface area contributed by atoms with Crippen LogP contribution in [0.2, 0.25) is 0 Å². The molecule has 0 saturated carbocycles. The molecule has 0 saturated heterocycles. The topological polar surface area (TPSA) is 67.0 Å². The highest BCUT2D eigenvalue weighted by molar-refractivity contribution is 6.17. The number of hydrogen-bond donors (Lipinski definition) is 2. The number of carbonyl (C=O) groups is 1. The molecular weight excluding hydrogens is 218 g/mol. The number of aromatic nitrogens is 2. The molecule has 0 spiro atoms. The zero-order chi connectivity index (χ0) is 10.9. The van der Waals surface area contributed by atoms with Crippen LogP contribution in [0.1, 0.15) is 16.8 Å². The van der Waals surface area contributed by atoms with Gasteiger partial charge < -0.3 is 10.1 Å². The van der Waals surface area contributed by atoms with E-state index in [1.54, 1.807) is 6.20 Å². The number of amides is 1. The zero-order valence-electron chi connectivity index (χ0n) is 8.33. The van der Waals surface area contributed by atoms with Crippen LogP contribution >= 0.6 is 11.6 Å². The van der Waals surface area contributed by atoms with E-state index in [-0.39, 0.29) is 5.91 Å². The van der Waals surface area contributed by atoms with E-state index in [1.165, 1.54) is 6.20 Å². The lowest BCUT2D eigenvalue weighted by Crippen LogP contribution is -2.24. The molecule has 1 heterocycles. The number of nitrogens with zero attached hydrogens (tertiary/aromatic N) is 1. The van der Waals surface area contributed by atoms with Gasteiger partial charge in [-0.15, -0.1) is 11.6 Å². The van der Waals surface area contributed by atoms with E-state index in [0.29, 0.717) is 31.2 Å². The number of hydrogen-bond acceptors (Lipinski definition) is 3. The summed E-state index contributed by atoms with van der Waals surface area (Å²) in [4.78, 5) is 11.4. The molecular formula is C9H14ClN3O2. The van der Waals surface area contributed by atoms with E-state index in [4.69, 9.17) is 16.3 Å². The van der Waals surface area contributed by atoms with Crippen molar-refractivity contribution < 1.29 is 9.53 Å². The third-order valence-electron chi connectivity index (χ3n) is 1.73. The third-order valence-corrected chi connectivity index (χ3v) is 1.89. The first kappa shape index (κ1) is 12.0. The fourth-order valence-electron chi connectivity index (χ4n) is 1.01. The largest absolute Gasteiger partial charge is 0.380 e. The summed E-state index contributed by atoms with van der Waals surface area (Å²) < 4.78 is 5.15. The van der Waals surface area contributed by atoms with Gasteiger partial charge in [0, 0.05) is 25.2 Å². The molecule has 0 bridgehead atoms. The number of aromatic amines is 1. The van der Waals surface area contributed by atoms with Crippen molar-refractivity contribution in [3.63, 3.8) is 0 Å². The van der Waals surface area contributed by atoms with Crippen molar-refractivity contribution in [1.29, 1.82) is 0 Å². The standard InChI is InChI=1S/C9H14ClN3O2/c10-2-5-15-4-1-3-11-9(14)8-6-12-13-7-8/h6-7H,1-5H2,(H,11,14)(H,12,13). The smallest absolute Gasteiger partial charge is 0.254 e. The van der Waals surface area contributed by atoms with E-state index >= 15 is 0 Å². The monoisotopic (exact) mass is 231 g/mol. The molecule has 1 aromatic rings. The Kier molecular flexibility index (Phi) is 5.80. The first-order valence-electron chi connectivity index (χ1n) is 4.75. The first-order valence-corrected chi connectivity index (χ1v) is 5.28. The number of ether oxygens (including phenoxy) is 1. The van der Waals surface area contributed by atoms with Crippen LogP contribution in [-0.2, 0) is 4.74 Å². The van der Waals surface area contributed by atoms with Gasteiger partial charge in [0.25, 0.3) is 5.91 Å². The second-order valence-corrected chi connectivity index (χ2v) is 3.28. The van der Waals surface area contributed by atoms with Gasteiger partial charge in [-0.05, 0) is 6.42 Å². The average molecular weight is 232 g/mol. The van der Waals surface area contributed by atoms with Crippen LogP contribution in [0.5, 0.6) is 0 Å². The molecule has 0 aliphatic heterocycles. The summed E-state index contributed by atoms with van der Waals surface area (Å²) in [6.07, 6.45) is 3.82. The van der Waals surface area contributed by atoms with Crippen LogP contribution in [0.25, 0.3) is 0 Å². The number of rotatable bonds is 7. The minimum atomic E-state index is -0.124. The summed E-state index contributed by atoms with van der Waals surface area (Å²) in [5.41, 5.74) is 0.539. The van der Waals surface area contributed by atoms with Gasteiger partial charge in [0.15, 0.2) is 0 Å². The van der Waals surface area contributed by atoms with Crippen molar-refractivity contribution in [2.45, 2.75) is 6.42 Å². The van der Waals surface area contributed by atoms with Crippen molar-refractivity contribution in [3.05, 3.63) is 18.0 Å². The molecule has 0 unspecified atom stereocenters. The van der Waals surface area contributed by atoms with E-state index < -0.39 is 0 Å². The maximum absolute atomic E-state index is 11.4. The van der Waals surface area contributed by atoms with E-state index in [9.17, 15) is 4.79 Å². The van der Waals surface area contributed by atoms with Crippen molar-refractivity contribution in [3.8, 4) is 0 Å². The average Bonchev–Trinajstić information content (AvgIpc) is 2.76. The number of nitrogens with one attached hydrogen (secondary N) is 2. The van der Waals surface area contributed by atoms with Crippen LogP contribution in [0, 0.1) is 0 Å². The molecule has 0 atom stereocenters. The molecule has 5 nitrogen and oxygen atoms in total. The van der Waals surface area contributed by atoms with Crippen LogP contribution in [0.3, 0.4) is 0 Å². The summed E-state index contributed by atoms with van der Waals surface area (Å²) in [7, 11) is 0. The van der Waals surface area contributed by atoms with E-state index in [2.05, 4.69) is 15.5 Å². The van der Waals surface area contributed by atoms with Crippen LogP contribution in [0.4, 0.5) is 0 Å². The molecule has 2 N–H and O–H groups in total. The second kappa shape index (κ2) is 7.25. The second-order valence-electron chi connectivity index (χ2n) is 2.90. The molecule has 0 aromatic carbocycles. The highest BCUT2D eigenvalue weighted by atomic mass is 35.5. The maximum Gasteiger partial charge on any atom is 0.254 e. The third kappa shape index (κ3) is 4.80. The van der Waals surface area contributed by atoms with Crippen molar-refractivity contribution in [1.82, 2.24) is 15.5 Å². The number of H-pyrrole nitrogens is 1. The van der Waals surface area contributed by atoms with Crippen molar-refractivity contribution in [2.75, 3.05) is 25.6 Å².